The van der Waals surface area contributed by atoms with E-state index >= 15 is 0 Å². The molecule has 6 nitrogen and oxygen atoms in total. The Hall–Kier alpha value is -3.02. The van der Waals surface area contributed by atoms with Crippen LogP contribution in [0.5, 0.6) is 0 Å². The number of methoxy groups -OCH3 is 1. The fourth-order valence-corrected chi connectivity index (χ4v) is 3.07. The number of carbonyl (C=O) groups excluding carboxylic acids is 1. The van der Waals surface area contributed by atoms with Crippen molar-refractivity contribution in [1.29, 1.82) is 5.41 Å². The summed E-state index contributed by atoms with van der Waals surface area (Å²) in [4.78, 5) is 14.7. The van der Waals surface area contributed by atoms with Crippen molar-refractivity contribution in [2.45, 2.75) is 13.1 Å². The molecule has 3 rings (SSSR count). The zero-order valence-corrected chi connectivity index (χ0v) is 15.1. The summed E-state index contributed by atoms with van der Waals surface area (Å²) in [5, 5.41) is 8.33. The average molecular weight is 353 g/mol. The second-order valence-corrected chi connectivity index (χ2v) is 6.22. The third-order valence-electron chi connectivity index (χ3n) is 4.49. The second kappa shape index (κ2) is 7.91. The maximum atomic E-state index is 11.4. The molecule has 0 atom stereocenters. The van der Waals surface area contributed by atoms with Crippen molar-refractivity contribution in [3.8, 4) is 11.1 Å². The molecule has 136 valence electrons. The number of likely N-dealkylation sites (N-methyl/N-ethyl adjacent to an activating group) is 1. The first-order valence-electron chi connectivity index (χ1n) is 8.51. The molecular formula is C20H23N3O3. The average Bonchev–Trinajstić information content (AvgIpc) is 2.84. The highest BCUT2D eigenvalue weighted by molar-refractivity contribution is 5.76. The maximum absolute atomic E-state index is 11.4. The van der Waals surface area contributed by atoms with E-state index in [1.54, 1.807) is 7.05 Å². The Kier molecular flexibility index (Phi) is 5.41. The van der Waals surface area contributed by atoms with Gasteiger partial charge in [0, 0.05) is 20.1 Å². The summed E-state index contributed by atoms with van der Waals surface area (Å²) in [6.07, 6.45) is -0.419. The number of amides is 1. The Balaban J connectivity index is 1.72. The van der Waals surface area contributed by atoms with Crippen LogP contribution in [0.15, 0.2) is 48.5 Å². The van der Waals surface area contributed by atoms with E-state index < -0.39 is 6.09 Å². The Morgan fingerprint density at radius 1 is 1.08 bits per heavy atom. The minimum Gasteiger partial charge on any atom is -0.463 e. The summed E-state index contributed by atoms with van der Waals surface area (Å²) < 4.78 is 10.2. The van der Waals surface area contributed by atoms with Crippen LogP contribution in [-0.4, -0.2) is 49.2 Å². The molecule has 1 heterocycles. The van der Waals surface area contributed by atoms with Crippen molar-refractivity contribution in [1.82, 2.24) is 9.80 Å². The molecule has 1 aliphatic heterocycles. The predicted octanol–water partition coefficient (Wildman–Crippen LogP) is 3.32. The minimum absolute atomic E-state index is 0.106. The van der Waals surface area contributed by atoms with Crippen LogP contribution >= 0.6 is 0 Å². The first-order chi connectivity index (χ1) is 12.6. The lowest BCUT2D eigenvalue weighted by atomic mass is 9.97. The Morgan fingerprint density at radius 2 is 1.62 bits per heavy atom. The van der Waals surface area contributed by atoms with Crippen LogP contribution in [0.1, 0.15) is 11.1 Å². The largest absolute Gasteiger partial charge is 0.463 e. The quantitative estimate of drug-likeness (QED) is 0.679. The highest BCUT2D eigenvalue weighted by atomic mass is 16.5. The van der Waals surface area contributed by atoms with Crippen LogP contribution in [-0.2, 0) is 22.6 Å². The lowest BCUT2D eigenvalue weighted by Gasteiger charge is -2.24. The first kappa shape index (κ1) is 17.8. The number of amidine groups is 1. The predicted molar refractivity (Wildman–Crippen MR) is 99.8 cm³/mol. The highest BCUT2D eigenvalue weighted by Gasteiger charge is 2.21. The van der Waals surface area contributed by atoms with Gasteiger partial charge in [0.25, 0.3) is 6.02 Å². The molecule has 0 aliphatic carbocycles. The molecule has 26 heavy (non-hydrogen) atoms. The van der Waals surface area contributed by atoms with E-state index in [1.807, 2.05) is 29.2 Å². The standard InChI is InChI=1S/C20H23N3O3/c1-22(20(24)25-2)11-12-26-19(21)23-13-15-7-3-5-9-17(15)18-10-6-4-8-16(18)14-23/h3-10,21H,11-14H2,1-2H3. The fraction of sp³-hybridized carbons (Fsp3) is 0.300. The van der Waals surface area contributed by atoms with Gasteiger partial charge in [-0.15, -0.1) is 0 Å². The van der Waals surface area contributed by atoms with Crippen molar-refractivity contribution in [3.05, 3.63) is 59.7 Å². The molecule has 0 bridgehead atoms. The molecule has 0 unspecified atom stereocenters. The van der Waals surface area contributed by atoms with Gasteiger partial charge in [0.15, 0.2) is 0 Å². The molecule has 2 aromatic rings. The van der Waals surface area contributed by atoms with Gasteiger partial charge in [-0.2, -0.15) is 0 Å². The summed E-state index contributed by atoms with van der Waals surface area (Å²) in [5.74, 6) is 0. The van der Waals surface area contributed by atoms with Crippen molar-refractivity contribution < 1.29 is 14.3 Å². The molecule has 0 spiro atoms. The molecular weight excluding hydrogens is 330 g/mol. The van der Waals surface area contributed by atoms with Crippen LogP contribution in [0.3, 0.4) is 0 Å². The maximum Gasteiger partial charge on any atom is 0.409 e. The molecule has 1 amide bonds. The Bertz CT molecular complexity index is 759. The number of hydrogen-bond acceptors (Lipinski definition) is 4. The van der Waals surface area contributed by atoms with E-state index in [4.69, 9.17) is 10.1 Å². The molecule has 0 fully saturated rings. The van der Waals surface area contributed by atoms with E-state index in [0.717, 1.165) is 11.1 Å². The summed E-state index contributed by atoms with van der Waals surface area (Å²) in [6.45, 7) is 1.81. The van der Waals surface area contributed by atoms with Crippen LogP contribution in [0.25, 0.3) is 11.1 Å². The van der Waals surface area contributed by atoms with E-state index in [1.165, 1.54) is 23.1 Å². The van der Waals surface area contributed by atoms with Gasteiger partial charge in [0.05, 0.1) is 13.7 Å². The SMILES string of the molecule is COC(=O)N(C)CCOC(=N)N1Cc2ccccc2-c2ccccc2C1. The van der Waals surface area contributed by atoms with Gasteiger partial charge in [-0.05, 0) is 22.3 Å². The van der Waals surface area contributed by atoms with Crippen LogP contribution in [0.4, 0.5) is 4.79 Å². The topological polar surface area (TPSA) is 65.9 Å². The molecule has 1 N–H and O–H groups in total. The van der Waals surface area contributed by atoms with Crippen LogP contribution < -0.4 is 0 Å². The number of ether oxygens (including phenoxy) is 2. The third kappa shape index (κ3) is 3.79. The van der Waals surface area contributed by atoms with E-state index in [2.05, 4.69) is 29.0 Å². The van der Waals surface area contributed by atoms with Gasteiger partial charge in [0.2, 0.25) is 0 Å². The molecule has 0 saturated heterocycles. The van der Waals surface area contributed by atoms with Gasteiger partial charge in [-0.3, -0.25) is 5.41 Å². The molecule has 2 aromatic carbocycles. The minimum atomic E-state index is -0.419. The van der Waals surface area contributed by atoms with Gasteiger partial charge in [-0.25, -0.2) is 4.79 Å². The number of carbonyl (C=O) groups is 1. The number of benzene rings is 2. The van der Waals surface area contributed by atoms with E-state index in [-0.39, 0.29) is 12.6 Å². The lowest BCUT2D eigenvalue weighted by molar-refractivity contribution is 0.121. The summed E-state index contributed by atoms with van der Waals surface area (Å²) in [6, 6.07) is 16.6. The van der Waals surface area contributed by atoms with E-state index in [0.29, 0.717) is 19.6 Å². The Labute approximate surface area is 153 Å². The molecule has 1 aliphatic rings. The molecule has 0 saturated carbocycles. The van der Waals surface area contributed by atoms with Gasteiger partial charge in [0.1, 0.15) is 6.61 Å². The first-order valence-corrected chi connectivity index (χ1v) is 8.51. The number of rotatable bonds is 3. The lowest BCUT2D eigenvalue weighted by Crippen LogP contribution is -2.34. The van der Waals surface area contributed by atoms with Crippen LogP contribution in [0.2, 0.25) is 0 Å². The van der Waals surface area contributed by atoms with Gasteiger partial charge in [-0.1, -0.05) is 48.5 Å². The smallest absolute Gasteiger partial charge is 0.409 e. The van der Waals surface area contributed by atoms with Crippen molar-refractivity contribution >= 4 is 12.1 Å². The summed E-state index contributed by atoms with van der Waals surface area (Å²) in [5.41, 5.74) is 4.72. The Morgan fingerprint density at radius 3 is 2.15 bits per heavy atom. The van der Waals surface area contributed by atoms with Crippen LogP contribution in [0, 0.1) is 5.41 Å². The van der Waals surface area contributed by atoms with Gasteiger partial charge >= 0.3 is 6.09 Å². The zero-order chi connectivity index (χ0) is 18.5. The second-order valence-electron chi connectivity index (χ2n) is 6.22. The fourth-order valence-electron chi connectivity index (χ4n) is 3.07. The number of fused-ring (bicyclic) bond motifs is 3. The zero-order valence-electron chi connectivity index (χ0n) is 15.1. The van der Waals surface area contributed by atoms with Gasteiger partial charge < -0.3 is 19.3 Å². The number of nitrogens with zero attached hydrogens (tertiary/aromatic N) is 2. The van der Waals surface area contributed by atoms with Crippen molar-refractivity contribution in [2.24, 2.45) is 0 Å². The monoisotopic (exact) mass is 353 g/mol. The van der Waals surface area contributed by atoms with Crippen molar-refractivity contribution in [3.63, 3.8) is 0 Å². The molecule has 6 heteroatoms. The summed E-state index contributed by atoms with van der Waals surface area (Å²) in [7, 11) is 2.98. The molecule has 0 radical (unpaired) electrons. The van der Waals surface area contributed by atoms with Crippen molar-refractivity contribution in [2.75, 3.05) is 27.3 Å². The van der Waals surface area contributed by atoms with E-state index in [9.17, 15) is 4.79 Å². The number of nitrogens with one attached hydrogen (secondary N) is 1. The third-order valence-corrected chi connectivity index (χ3v) is 4.49. The normalized spacial score (nSPS) is 12.5. The highest BCUT2D eigenvalue weighted by Crippen LogP contribution is 2.32. The molecule has 0 aromatic heterocycles. The summed E-state index contributed by atoms with van der Waals surface area (Å²) >= 11 is 0. The number of hydrogen-bond donors (Lipinski definition) is 1.